The highest BCUT2D eigenvalue weighted by Gasteiger charge is 2.12. The highest BCUT2D eigenvalue weighted by Crippen LogP contribution is 2.26. The largest absolute Gasteiger partial charge is 0.324 e. The van der Waals surface area contributed by atoms with E-state index < -0.39 is 0 Å². The lowest BCUT2D eigenvalue weighted by Crippen LogP contribution is -1.99. The van der Waals surface area contributed by atoms with Crippen molar-refractivity contribution in [3.8, 4) is 23.5 Å². The van der Waals surface area contributed by atoms with Crippen LogP contribution in [0.25, 0.3) is 22.4 Å². The number of nitriles is 2. The van der Waals surface area contributed by atoms with Crippen molar-refractivity contribution in [1.82, 2.24) is 9.55 Å². The molecule has 0 N–H and O–H groups in total. The Balaban J connectivity index is 2.20. The molecule has 0 spiro atoms. The number of hydrogen-bond acceptors (Lipinski definition) is 3. The van der Waals surface area contributed by atoms with Crippen molar-refractivity contribution in [2.45, 2.75) is 19.9 Å². The van der Waals surface area contributed by atoms with Gasteiger partial charge in [0, 0.05) is 12.1 Å². The summed E-state index contributed by atoms with van der Waals surface area (Å²) in [6.07, 6.45) is 0.995. The first-order chi connectivity index (χ1) is 10.8. The van der Waals surface area contributed by atoms with Gasteiger partial charge in [-0.1, -0.05) is 6.92 Å². The molecular weight excluding hydrogens is 272 g/mol. The number of benzene rings is 2. The Bertz CT molecular complexity index is 905. The first kappa shape index (κ1) is 13.9. The number of nitrogens with zero attached hydrogens (tertiary/aromatic N) is 4. The molecule has 0 aliphatic carbocycles. The average Bonchev–Trinajstić information content (AvgIpc) is 2.93. The van der Waals surface area contributed by atoms with Crippen LogP contribution in [-0.4, -0.2) is 9.55 Å². The van der Waals surface area contributed by atoms with Crippen LogP contribution < -0.4 is 0 Å². The van der Waals surface area contributed by atoms with Gasteiger partial charge in [-0.3, -0.25) is 0 Å². The molecule has 0 saturated carbocycles. The highest BCUT2D eigenvalue weighted by molar-refractivity contribution is 5.82. The molecule has 1 heterocycles. The summed E-state index contributed by atoms with van der Waals surface area (Å²) in [4.78, 5) is 4.69. The molecule has 0 radical (unpaired) electrons. The Morgan fingerprint density at radius 1 is 1.00 bits per heavy atom. The van der Waals surface area contributed by atoms with Crippen molar-refractivity contribution in [1.29, 1.82) is 10.5 Å². The Morgan fingerprint density at radius 2 is 1.68 bits per heavy atom. The maximum Gasteiger partial charge on any atom is 0.141 e. The summed E-state index contributed by atoms with van der Waals surface area (Å²) in [7, 11) is 0. The van der Waals surface area contributed by atoms with E-state index in [0.29, 0.717) is 11.1 Å². The molecule has 0 bridgehead atoms. The lowest BCUT2D eigenvalue weighted by atomic mass is 10.1. The van der Waals surface area contributed by atoms with Gasteiger partial charge in [0.2, 0.25) is 0 Å². The van der Waals surface area contributed by atoms with Crippen LogP contribution in [-0.2, 0) is 6.54 Å². The van der Waals surface area contributed by atoms with Gasteiger partial charge in [0.25, 0.3) is 0 Å². The van der Waals surface area contributed by atoms with Gasteiger partial charge in [-0.05, 0) is 48.9 Å². The van der Waals surface area contributed by atoms with Gasteiger partial charge < -0.3 is 4.57 Å². The molecule has 0 aliphatic rings. The predicted molar refractivity (Wildman–Crippen MR) is 84.9 cm³/mol. The van der Waals surface area contributed by atoms with Crippen molar-refractivity contribution in [2.24, 2.45) is 0 Å². The molecule has 0 aliphatic heterocycles. The molecule has 4 nitrogen and oxygen atoms in total. The van der Waals surface area contributed by atoms with Crippen molar-refractivity contribution in [2.75, 3.05) is 0 Å². The minimum Gasteiger partial charge on any atom is -0.324 e. The zero-order valence-corrected chi connectivity index (χ0v) is 12.2. The zero-order valence-electron chi connectivity index (χ0n) is 12.2. The number of imidazole rings is 1. The molecule has 106 valence electrons. The van der Waals surface area contributed by atoms with E-state index in [1.807, 2.05) is 30.3 Å². The highest BCUT2D eigenvalue weighted by atomic mass is 15.1. The third-order valence-corrected chi connectivity index (χ3v) is 3.60. The first-order valence-corrected chi connectivity index (χ1v) is 7.17. The molecular formula is C18H14N4. The van der Waals surface area contributed by atoms with Gasteiger partial charge in [-0.25, -0.2) is 4.98 Å². The van der Waals surface area contributed by atoms with Crippen molar-refractivity contribution in [3.05, 3.63) is 53.6 Å². The van der Waals surface area contributed by atoms with Crippen LogP contribution in [0.5, 0.6) is 0 Å². The molecule has 3 rings (SSSR count). The van der Waals surface area contributed by atoms with E-state index in [-0.39, 0.29) is 0 Å². The lowest BCUT2D eigenvalue weighted by Gasteiger charge is -2.07. The van der Waals surface area contributed by atoms with Crippen LogP contribution in [0.2, 0.25) is 0 Å². The molecule has 22 heavy (non-hydrogen) atoms. The molecule has 2 aromatic carbocycles. The lowest BCUT2D eigenvalue weighted by molar-refractivity contribution is 0.704. The summed E-state index contributed by atoms with van der Waals surface area (Å²) < 4.78 is 2.16. The SMILES string of the molecule is CCCn1c(-c2ccc(C#N)cc2)nc2cc(C#N)ccc21. The number of aryl methyl sites for hydroxylation is 1. The van der Waals surface area contributed by atoms with Crippen molar-refractivity contribution in [3.63, 3.8) is 0 Å². The van der Waals surface area contributed by atoms with Gasteiger partial charge in [0.15, 0.2) is 0 Å². The monoisotopic (exact) mass is 286 g/mol. The van der Waals surface area contributed by atoms with Crippen LogP contribution >= 0.6 is 0 Å². The van der Waals surface area contributed by atoms with Gasteiger partial charge in [0.05, 0.1) is 34.3 Å². The summed E-state index contributed by atoms with van der Waals surface area (Å²) in [5.74, 6) is 0.872. The Labute approximate surface area is 128 Å². The summed E-state index contributed by atoms with van der Waals surface area (Å²) in [5.41, 5.74) is 4.07. The quantitative estimate of drug-likeness (QED) is 0.734. The topological polar surface area (TPSA) is 65.4 Å². The van der Waals surface area contributed by atoms with E-state index in [9.17, 15) is 0 Å². The molecule has 0 amide bonds. The Morgan fingerprint density at radius 3 is 2.32 bits per heavy atom. The van der Waals surface area contributed by atoms with Gasteiger partial charge in [-0.2, -0.15) is 10.5 Å². The fourth-order valence-electron chi connectivity index (χ4n) is 2.56. The molecule has 3 aromatic rings. The smallest absolute Gasteiger partial charge is 0.141 e. The van der Waals surface area contributed by atoms with E-state index >= 15 is 0 Å². The van der Waals surface area contributed by atoms with Crippen molar-refractivity contribution >= 4 is 11.0 Å². The van der Waals surface area contributed by atoms with E-state index in [2.05, 4.69) is 23.6 Å². The van der Waals surface area contributed by atoms with Crippen LogP contribution in [0.15, 0.2) is 42.5 Å². The standard InChI is InChI=1S/C18H14N4/c1-2-9-22-17-8-5-14(12-20)10-16(17)21-18(22)15-6-3-13(11-19)4-7-15/h3-8,10H,2,9H2,1H3. The van der Waals surface area contributed by atoms with Crippen molar-refractivity contribution < 1.29 is 0 Å². The molecule has 1 aromatic heterocycles. The first-order valence-electron chi connectivity index (χ1n) is 7.17. The molecule has 0 saturated heterocycles. The molecule has 0 fully saturated rings. The third-order valence-electron chi connectivity index (χ3n) is 3.60. The second kappa shape index (κ2) is 5.71. The molecule has 0 atom stereocenters. The second-order valence-electron chi connectivity index (χ2n) is 5.09. The van der Waals surface area contributed by atoms with Crippen LogP contribution in [0.4, 0.5) is 0 Å². The summed E-state index contributed by atoms with van der Waals surface area (Å²) in [6.45, 7) is 2.98. The van der Waals surface area contributed by atoms with Crippen LogP contribution in [0.3, 0.4) is 0 Å². The third kappa shape index (κ3) is 2.32. The van der Waals surface area contributed by atoms with E-state index in [1.54, 1.807) is 12.1 Å². The summed E-state index contributed by atoms with van der Waals surface area (Å²) in [6, 6.07) is 17.3. The summed E-state index contributed by atoms with van der Waals surface area (Å²) >= 11 is 0. The normalized spacial score (nSPS) is 10.3. The van der Waals surface area contributed by atoms with Crippen LogP contribution in [0.1, 0.15) is 24.5 Å². The van der Waals surface area contributed by atoms with E-state index in [0.717, 1.165) is 35.4 Å². The number of fused-ring (bicyclic) bond motifs is 1. The zero-order chi connectivity index (χ0) is 15.5. The van der Waals surface area contributed by atoms with Gasteiger partial charge >= 0.3 is 0 Å². The van der Waals surface area contributed by atoms with E-state index in [4.69, 9.17) is 15.5 Å². The van der Waals surface area contributed by atoms with Gasteiger partial charge in [0.1, 0.15) is 5.82 Å². The maximum atomic E-state index is 9.04. The Kier molecular flexibility index (Phi) is 3.60. The molecule has 4 heteroatoms. The van der Waals surface area contributed by atoms with E-state index in [1.165, 1.54) is 0 Å². The average molecular weight is 286 g/mol. The maximum absolute atomic E-state index is 9.04. The van der Waals surface area contributed by atoms with Gasteiger partial charge in [-0.15, -0.1) is 0 Å². The fourth-order valence-corrected chi connectivity index (χ4v) is 2.56. The number of hydrogen-bond donors (Lipinski definition) is 0. The fraction of sp³-hybridized carbons (Fsp3) is 0.167. The minimum atomic E-state index is 0.611. The summed E-state index contributed by atoms with van der Waals surface area (Å²) in [5, 5.41) is 17.9. The number of rotatable bonds is 3. The Hall–Kier alpha value is -3.11. The number of aromatic nitrogens is 2. The predicted octanol–water partition coefficient (Wildman–Crippen LogP) is 3.86. The second-order valence-corrected chi connectivity index (χ2v) is 5.09. The molecule has 0 unspecified atom stereocenters. The van der Waals surface area contributed by atoms with Crippen LogP contribution in [0, 0.1) is 22.7 Å². The minimum absolute atomic E-state index is 0.611.